The molecule has 1 aromatic carbocycles. The van der Waals surface area contributed by atoms with Crippen molar-refractivity contribution in [1.82, 2.24) is 24.4 Å². The molecule has 3 aliphatic rings. The van der Waals surface area contributed by atoms with Gasteiger partial charge >= 0.3 is 12.3 Å². The number of nitrogens with zero attached hydrogens (tertiary/aromatic N) is 7. The molecule has 0 spiro atoms. The molecule has 1 aliphatic carbocycles. The summed E-state index contributed by atoms with van der Waals surface area (Å²) in [5.74, 6) is 0.935. The third-order valence-electron chi connectivity index (χ3n) is 8.60. The number of aromatic nitrogens is 4. The van der Waals surface area contributed by atoms with Gasteiger partial charge in [-0.1, -0.05) is 0 Å². The predicted molar refractivity (Wildman–Crippen MR) is 171 cm³/mol. The number of alkyl halides is 3. The molecule has 0 atom stereocenters. The number of hydrogen-bond donors (Lipinski definition) is 1. The van der Waals surface area contributed by atoms with Crippen LogP contribution >= 0.6 is 0 Å². The lowest BCUT2D eigenvalue weighted by molar-refractivity contribution is -0.141. The van der Waals surface area contributed by atoms with Gasteiger partial charge in [0, 0.05) is 74.3 Å². The van der Waals surface area contributed by atoms with Crippen LogP contribution in [-0.4, -0.2) is 82.2 Å². The van der Waals surface area contributed by atoms with Gasteiger partial charge in [-0.05, 0) is 57.9 Å². The number of aliphatic imine (C=N–C) groups is 1. The van der Waals surface area contributed by atoms with Gasteiger partial charge in [-0.25, -0.2) is 19.7 Å². The number of benzene rings is 1. The first-order valence-corrected chi connectivity index (χ1v) is 15.6. The van der Waals surface area contributed by atoms with Crippen molar-refractivity contribution < 1.29 is 27.4 Å². The molecular weight excluding hydrogens is 613 g/mol. The Bertz CT molecular complexity index is 1720. The van der Waals surface area contributed by atoms with Crippen molar-refractivity contribution in [2.75, 3.05) is 45.2 Å². The fraction of sp³-hybridized carbons (Fsp3) is 0.485. The minimum Gasteiger partial charge on any atom is -0.480 e. The highest BCUT2D eigenvalue weighted by Crippen LogP contribution is 2.44. The zero-order chi connectivity index (χ0) is 33.7. The van der Waals surface area contributed by atoms with Gasteiger partial charge in [0.05, 0.1) is 30.1 Å². The Labute approximate surface area is 271 Å². The Hall–Kier alpha value is -4.62. The number of halogens is 3. The lowest BCUT2D eigenvalue weighted by atomic mass is 9.95. The zero-order valence-corrected chi connectivity index (χ0v) is 27.1. The molecule has 6 rings (SSSR count). The molecule has 11 nitrogen and oxygen atoms in total. The average Bonchev–Trinajstić information content (AvgIpc) is 3.76. The van der Waals surface area contributed by atoms with E-state index in [9.17, 15) is 18.0 Å². The number of nitrogens with two attached hydrogens (primary N) is 1. The molecular formula is C33H39F3N8O3. The molecule has 250 valence electrons. The number of carbonyl (C=O) groups excluding carboxylic acids is 1. The van der Waals surface area contributed by atoms with Crippen LogP contribution in [0.25, 0.3) is 17.1 Å². The van der Waals surface area contributed by atoms with Crippen LogP contribution in [0.2, 0.25) is 0 Å². The Morgan fingerprint density at radius 3 is 2.38 bits per heavy atom. The number of rotatable bonds is 6. The van der Waals surface area contributed by atoms with Crippen LogP contribution in [0.4, 0.5) is 23.7 Å². The summed E-state index contributed by atoms with van der Waals surface area (Å²) in [6.07, 6.45) is 0.136. The lowest BCUT2D eigenvalue weighted by Crippen LogP contribution is -2.52. The lowest BCUT2D eigenvalue weighted by Gasteiger charge is -2.40. The third-order valence-corrected chi connectivity index (χ3v) is 8.60. The van der Waals surface area contributed by atoms with Crippen molar-refractivity contribution in [3.63, 3.8) is 0 Å². The van der Waals surface area contributed by atoms with Gasteiger partial charge in [-0.2, -0.15) is 13.2 Å². The first-order valence-electron chi connectivity index (χ1n) is 15.6. The summed E-state index contributed by atoms with van der Waals surface area (Å²) >= 11 is 0. The Morgan fingerprint density at radius 2 is 1.79 bits per heavy atom. The van der Waals surface area contributed by atoms with E-state index in [0.717, 1.165) is 41.7 Å². The van der Waals surface area contributed by atoms with Crippen molar-refractivity contribution in [1.29, 1.82) is 0 Å². The van der Waals surface area contributed by atoms with Gasteiger partial charge < -0.3 is 29.6 Å². The van der Waals surface area contributed by atoms with Crippen LogP contribution < -0.4 is 15.4 Å². The second kappa shape index (κ2) is 12.2. The minimum absolute atomic E-state index is 0.186. The fourth-order valence-corrected chi connectivity index (χ4v) is 6.02. The van der Waals surface area contributed by atoms with E-state index in [4.69, 9.17) is 15.2 Å². The smallest absolute Gasteiger partial charge is 0.434 e. The molecule has 0 unspecified atom stereocenters. The summed E-state index contributed by atoms with van der Waals surface area (Å²) in [6.45, 7) is 6.88. The number of ether oxygens (including phenoxy) is 2. The van der Waals surface area contributed by atoms with Crippen LogP contribution in [0.1, 0.15) is 68.9 Å². The number of piperidine rings is 1. The number of hydrogen-bond acceptors (Lipinski definition) is 9. The van der Waals surface area contributed by atoms with Gasteiger partial charge in [-0.3, -0.25) is 4.99 Å². The van der Waals surface area contributed by atoms with Crippen LogP contribution in [0.5, 0.6) is 5.88 Å². The molecule has 2 N–H and O–H groups in total. The largest absolute Gasteiger partial charge is 0.480 e. The number of anilines is 1. The van der Waals surface area contributed by atoms with E-state index in [1.807, 2.05) is 12.1 Å². The quantitative estimate of drug-likeness (QED) is 0.361. The maximum atomic E-state index is 13.8. The molecule has 3 fully saturated rings. The molecule has 2 aromatic heterocycles. The molecule has 1 saturated carbocycles. The topological polar surface area (TPSA) is 124 Å². The van der Waals surface area contributed by atoms with E-state index < -0.39 is 23.6 Å². The maximum Gasteiger partial charge on any atom is 0.434 e. The number of amides is 1. The van der Waals surface area contributed by atoms with E-state index in [1.165, 1.54) is 15.8 Å². The van der Waals surface area contributed by atoms with Crippen LogP contribution in [0, 0.1) is 0 Å². The van der Waals surface area contributed by atoms with Crippen LogP contribution in [0.3, 0.4) is 0 Å². The van der Waals surface area contributed by atoms with Crippen molar-refractivity contribution in [2.45, 2.75) is 63.8 Å². The normalized spacial score (nSPS) is 19.5. The molecule has 47 heavy (non-hydrogen) atoms. The first-order chi connectivity index (χ1) is 22.3. The standard InChI is InChI=1S/C33H39F3N8O3/c1-32(2,3)47-31(45)43-14-22(15-43)44-17-25(33(34,35)36)41-29(44)20-8-10-21(11-9-20)42-13-12-24(38-4)23(16-42)27(37)26-28(19-6-7-19)39-18-40-30(26)46-5/h8-11,17-19,22H,6-7,12-16,37H2,1-5H3/b27-23-,38-24?. The number of methoxy groups -OCH3 is 1. The second-order valence-electron chi connectivity index (χ2n) is 13.1. The maximum absolute atomic E-state index is 13.8. The number of imidazole rings is 1. The molecule has 0 bridgehead atoms. The van der Waals surface area contributed by atoms with E-state index in [1.54, 1.807) is 47.1 Å². The van der Waals surface area contributed by atoms with E-state index in [2.05, 4.69) is 24.8 Å². The summed E-state index contributed by atoms with van der Waals surface area (Å²) in [7, 11) is 3.31. The van der Waals surface area contributed by atoms with E-state index in [-0.39, 0.29) is 25.0 Å². The van der Waals surface area contributed by atoms with Crippen LogP contribution in [-0.2, 0) is 10.9 Å². The minimum atomic E-state index is -4.62. The molecule has 2 saturated heterocycles. The van der Waals surface area contributed by atoms with Crippen molar-refractivity contribution >= 4 is 23.2 Å². The summed E-state index contributed by atoms with van der Waals surface area (Å²) in [5, 5.41) is 0. The van der Waals surface area contributed by atoms with Crippen LogP contribution in [0.15, 0.2) is 47.4 Å². The molecule has 4 heterocycles. The van der Waals surface area contributed by atoms with Gasteiger partial charge in [0.25, 0.3) is 0 Å². The molecule has 0 radical (unpaired) electrons. The SMILES string of the molecule is CN=C1CCN(c2ccc(-c3nc(C(F)(F)F)cn3C3CN(C(=O)OC(C)(C)C)C3)cc2)C/C1=C(/N)c1c(OC)ncnc1C1CC1. The molecule has 3 aromatic rings. The summed E-state index contributed by atoms with van der Waals surface area (Å²) in [4.78, 5) is 33.5. The number of likely N-dealkylation sites (tertiary alicyclic amines) is 1. The van der Waals surface area contributed by atoms with Gasteiger partial charge in [-0.15, -0.1) is 0 Å². The summed E-state index contributed by atoms with van der Waals surface area (Å²) in [6, 6.07) is 6.92. The Morgan fingerprint density at radius 1 is 1.09 bits per heavy atom. The first kappa shape index (κ1) is 32.3. The Balaban J connectivity index is 1.26. The monoisotopic (exact) mass is 652 g/mol. The number of carbonyl (C=O) groups is 1. The molecule has 14 heteroatoms. The van der Waals surface area contributed by atoms with E-state index >= 15 is 0 Å². The van der Waals surface area contributed by atoms with Crippen molar-refractivity contribution in [2.24, 2.45) is 10.7 Å². The fourth-order valence-electron chi connectivity index (χ4n) is 6.02. The van der Waals surface area contributed by atoms with E-state index in [0.29, 0.717) is 48.1 Å². The van der Waals surface area contributed by atoms with Gasteiger partial charge in [0.15, 0.2) is 5.69 Å². The highest BCUT2D eigenvalue weighted by molar-refractivity contribution is 6.08. The molecule has 2 aliphatic heterocycles. The van der Waals surface area contributed by atoms with Crippen molar-refractivity contribution in [3.8, 4) is 17.3 Å². The van der Waals surface area contributed by atoms with Crippen molar-refractivity contribution in [3.05, 3.63) is 59.3 Å². The average molecular weight is 653 g/mol. The zero-order valence-electron chi connectivity index (χ0n) is 27.1. The predicted octanol–water partition coefficient (Wildman–Crippen LogP) is 5.69. The summed E-state index contributed by atoms with van der Waals surface area (Å²) in [5.41, 5.74) is 10.5. The Kier molecular flexibility index (Phi) is 8.39. The highest BCUT2D eigenvalue weighted by atomic mass is 19.4. The highest BCUT2D eigenvalue weighted by Gasteiger charge is 2.40. The molecule has 1 amide bonds. The summed E-state index contributed by atoms with van der Waals surface area (Å²) < 4.78 is 53.8. The third kappa shape index (κ3) is 6.63. The second-order valence-corrected chi connectivity index (χ2v) is 13.1. The van der Waals surface area contributed by atoms with Gasteiger partial charge in [0.1, 0.15) is 17.8 Å². The van der Waals surface area contributed by atoms with Gasteiger partial charge in [0.2, 0.25) is 5.88 Å².